The van der Waals surface area contributed by atoms with Crippen molar-refractivity contribution in [3.8, 4) is 11.5 Å². The molecule has 2 heterocycles. The van der Waals surface area contributed by atoms with Crippen LogP contribution in [-0.2, 0) is 11.3 Å². The first-order chi connectivity index (χ1) is 15.4. The van der Waals surface area contributed by atoms with Crippen LogP contribution in [0.15, 0.2) is 24.4 Å². The maximum atomic E-state index is 11.6. The van der Waals surface area contributed by atoms with Crippen molar-refractivity contribution < 1.29 is 19.4 Å². The highest BCUT2D eigenvalue weighted by molar-refractivity contribution is 14.1. The summed E-state index contributed by atoms with van der Waals surface area (Å²) >= 11 is 2.29. The van der Waals surface area contributed by atoms with Gasteiger partial charge < -0.3 is 19.9 Å². The number of halogens is 1. The van der Waals surface area contributed by atoms with Crippen LogP contribution in [0.5, 0.6) is 11.5 Å². The summed E-state index contributed by atoms with van der Waals surface area (Å²) in [5.41, 5.74) is 2.88. The van der Waals surface area contributed by atoms with Gasteiger partial charge in [0.1, 0.15) is 17.3 Å². The lowest BCUT2D eigenvalue weighted by molar-refractivity contribution is -0.143. The SMILES string of the molecule is COc1ccc(CNc2ncc(I)c3c2c(C)nn3[C@@H]2CCC[C@@H](C(=O)O)C2)c(OC)c1. The number of nitrogens with zero attached hydrogens (tertiary/aromatic N) is 3. The highest BCUT2D eigenvalue weighted by Crippen LogP contribution is 2.38. The molecule has 1 aliphatic rings. The average molecular weight is 550 g/mol. The molecule has 2 aromatic heterocycles. The number of nitrogens with one attached hydrogen (secondary N) is 1. The van der Waals surface area contributed by atoms with Crippen LogP contribution in [0.2, 0.25) is 0 Å². The van der Waals surface area contributed by atoms with Crippen molar-refractivity contribution in [2.24, 2.45) is 5.92 Å². The third-order valence-electron chi connectivity index (χ3n) is 6.14. The van der Waals surface area contributed by atoms with Gasteiger partial charge in [-0.2, -0.15) is 5.10 Å². The summed E-state index contributed by atoms with van der Waals surface area (Å²) in [5.74, 6) is 1.22. The molecular formula is C23H27IN4O4. The quantitative estimate of drug-likeness (QED) is 0.409. The molecule has 0 unspecified atom stereocenters. The van der Waals surface area contributed by atoms with Gasteiger partial charge in [0.15, 0.2) is 0 Å². The van der Waals surface area contributed by atoms with E-state index < -0.39 is 5.97 Å². The number of rotatable bonds is 7. The van der Waals surface area contributed by atoms with Crippen LogP contribution < -0.4 is 14.8 Å². The second kappa shape index (κ2) is 9.51. The summed E-state index contributed by atoms with van der Waals surface area (Å²) < 4.78 is 13.8. The molecule has 0 bridgehead atoms. The minimum atomic E-state index is -0.713. The van der Waals surface area contributed by atoms with E-state index in [1.54, 1.807) is 14.2 Å². The van der Waals surface area contributed by atoms with Crippen LogP contribution in [0.25, 0.3) is 10.9 Å². The molecule has 0 spiro atoms. The number of methoxy groups -OCH3 is 2. The van der Waals surface area contributed by atoms with Gasteiger partial charge in [0.25, 0.3) is 0 Å². The molecule has 32 heavy (non-hydrogen) atoms. The molecule has 3 aromatic rings. The Kier molecular flexibility index (Phi) is 6.73. The van der Waals surface area contributed by atoms with Crippen molar-refractivity contribution in [2.45, 2.75) is 45.2 Å². The predicted octanol–water partition coefficient (Wildman–Crippen LogP) is 4.79. The number of aromatic nitrogens is 3. The number of hydrogen-bond donors (Lipinski definition) is 2. The number of pyridine rings is 1. The van der Waals surface area contributed by atoms with E-state index in [-0.39, 0.29) is 12.0 Å². The standard InChI is InChI=1S/C23H27IN4O4/c1-13-20-21(28(27-13)16-6-4-5-14(9-16)23(29)30)18(24)12-26-22(20)25-11-15-7-8-17(31-2)10-19(15)32-3/h7-8,10,12,14,16H,4-6,9,11H2,1-3H3,(H,25,26)(H,29,30)/t14-,16-/m1/s1. The fraction of sp³-hybridized carbons (Fsp3) is 0.435. The Hall–Kier alpha value is -2.56. The van der Waals surface area contributed by atoms with E-state index >= 15 is 0 Å². The molecule has 2 N–H and O–H groups in total. The lowest BCUT2D eigenvalue weighted by Crippen LogP contribution is -2.25. The van der Waals surface area contributed by atoms with Gasteiger partial charge in [0.05, 0.1) is 46.3 Å². The Labute approximate surface area is 200 Å². The summed E-state index contributed by atoms with van der Waals surface area (Å²) in [6.45, 7) is 2.51. The molecule has 9 heteroatoms. The molecule has 1 aromatic carbocycles. The van der Waals surface area contributed by atoms with E-state index in [0.29, 0.717) is 13.0 Å². The lowest BCUT2D eigenvalue weighted by atomic mass is 9.86. The normalized spacial score (nSPS) is 18.5. The van der Waals surface area contributed by atoms with Crippen molar-refractivity contribution in [3.63, 3.8) is 0 Å². The van der Waals surface area contributed by atoms with Crippen LogP contribution in [-0.4, -0.2) is 40.1 Å². The minimum absolute atomic E-state index is 0.0755. The van der Waals surface area contributed by atoms with E-state index in [9.17, 15) is 9.90 Å². The molecule has 1 aliphatic carbocycles. The van der Waals surface area contributed by atoms with Crippen LogP contribution in [0.3, 0.4) is 0 Å². The van der Waals surface area contributed by atoms with Crippen molar-refractivity contribution in [1.29, 1.82) is 0 Å². The number of aryl methyl sites for hydroxylation is 1. The van der Waals surface area contributed by atoms with Crippen molar-refractivity contribution >= 4 is 45.3 Å². The maximum Gasteiger partial charge on any atom is 0.306 e. The molecular weight excluding hydrogens is 523 g/mol. The fourth-order valence-electron chi connectivity index (χ4n) is 4.49. The first kappa shape index (κ1) is 22.6. The van der Waals surface area contributed by atoms with Gasteiger partial charge in [-0.05, 0) is 60.9 Å². The zero-order valence-corrected chi connectivity index (χ0v) is 20.5. The first-order valence-electron chi connectivity index (χ1n) is 10.6. The van der Waals surface area contributed by atoms with Gasteiger partial charge in [0.2, 0.25) is 0 Å². The Morgan fingerprint density at radius 2 is 2.12 bits per heavy atom. The Bertz CT molecular complexity index is 1150. The van der Waals surface area contributed by atoms with Crippen molar-refractivity contribution in [1.82, 2.24) is 14.8 Å². The molecule has 2 atom stereocenters. The Morgan fingerprint density at radius 3 is 2.84 bits per heavy atom. The monoisotopic (exact) mass is 550 g/mol. The number of aliphatic carboxylic acids is 1. The number of anilines is 1. The van der Waals surface area contributed by atoms with E-state index in [2.05, 4.69) is 32.9 Å². The second-order valence-electron chi connectivity index (χ2n) is 8.10. The van der Waals surface area contributed by atoms with E-state index in [1.807, 2.05) is 36.0 Å². The summed E-state index contributed by atoms with van der Waals surface area (Å²) in [6, 6.07) is 5.81. The summed E-state index contributed by atoms with van der Waals surface area (Å²) in [5, 5.41) is 18.8. The van der Waals surface area contributed by atoms with Crippen LogP contribution in [0.1, 0.15) is 43.0 Å². The number of carbonyl (C=O) groups is 1. The summed E-state index contributed by atoms with van der Waals surface area (Å²) in [6.07, 6.45) is 5.01. The van der Waals surface area contributed by atoms with Gasteiger partial charge in [0, 0.05) is 24.4 Å². The predicted molar refractivity (Wildman–Crippen MR) is 130 cm³/mol. The minimum Gasteiger partial charge on any atom is -0.497 e. The number of hydrogen-bond acceptors (Lipinski definition) is 6. The molecule has 8 nitrogen and oxygen atoms in total. The van der Waals surface area contributed by atoms with Gasteiger partial charge in [-0.15, -0.1) is 0 Å². The fourth-order valence-corrected chi connectivity index (χ4v) is 5.15. The van der Waals surface area contributed by atoms with Gasteiger partial charge in [-0.3, -0.25) is 9.48 Å². The highest BCUT2D eigenvalue weighted by Gasteiger charge is 2.30. The molecule has 4 rings (SSSR count). The van der Waals surface area contributed by atoms with Crippen molar-refractivity contribution in [3.05, 3.63) is 39.2 Å². The smallest absolute Gasteiger partial charge is 0.306 e. The Morgan fingerprint density at radius 1 is 1.31 bits per heavy atom. The molecule has 1 fully saturated rings. The molecule has 1 saturated carbocycles. The number of ether oxygens (including phenoxy) is 2. The number of carboxylic acids is 1. The number of benzene rings is 1. The van der Waals surface area contributed by atoms with E-state index in [1.165, 1.54) is 0 Å². The first-order valence-corrected chi connectivity index (χ1v) is 11.7. The van der Waals surface area contributed by atoms with Crippen molar-refractivity contribution in [2.75, 3.05) is 19.5 Å². The van der Waals surface area contributed by atoms with Crippen LogP contribution in [0, 0.1) is 16.4 Å². The maximum absolute atomic E-state index is 11.6. The largest absolute Gasteiger partial charge is 0.497 e. The molecule has 0 aliphatic heterocycles. The second-order valence-corrected chi connectivity index (χ2v) is 9.26. The zero-order valence-electron chi connectivity index (χ0n) is 18.4. The van der Waals surface area contributed by atoms with E-state index in [0.717, 1.165) is 62.3 Å². The van der Waals surface area contributed by atoms with Crippen LogP contribution >= 0.6 is 22.6 Å². The molecule has 0 amide bonds. The number of carboxylic acid groups (broad SMARTS) is 1. The summed E-state index contributed by atoms with van der Waals surface area (Å²) in [4.78, 5) is 16.2. The van der Waals surface area contributed by atoms with E-state index in [4.69, 9.17) is 14.6 Å². The topological polar surface area (TPSA) is 98.5 Å². The van der Waals surface area contributed by atoms with Gasteiger partial charge in [-0.25, -0.2) is 4.98 Å². The molecule has 0 radical (unpaired) electrons. The zero-order chi connectivity index (χ0) is 22.8. The number of fused-ring (bicyclic) bond motifs is 1. The third-order valence-corrected chi connectivity index (χ3v) is 6.93. The Balaban J connectivity index is 1.66. The van der Waals surface area contributed by atoms with Gasteiger partial charge in [-0.1, -0.05) is 6.42 Å². The van der Waals surface area contributed by atoms with Gasteiger partial charge >= 0.3 is 5.97 Å². The average Bonchev–Trinajstić information content (AvgIpc) is 3.17. The molecule has 170 valence electrons. The lowest BCUT2D eigenvalue weighted by Gasteiger charge is -2.27. The highest BCUT2D eigenvalue weighted by atomic mass is 127. The van der Waals surface area contributed by atoms with Crippen LogP contribution in [0.4, 0.5) is 5.82 Å². The molecule has 0 saturated heterocycles. The summed E-state index contributed by atoms with van der Waals surface area (Å²) in [7, 11) is 3.27. The third kappa shape index (κ3) is 4.35.